The van der Waals surface area contributed by atoms with Crippen LogP contribution < -0.4 is 4.74 Å². The number of alkyl halides is 2. The monoisotopic (exact) mass is 270 g/mol. The molecule has 2 aromatic heterocycles. The van der Waals surface area contributed by atoms with Gasteiger partial charge in [0.05, 0.1) is 16.6 Å². The molecule has 0 spiro atoms. The molecule has 0 unspecified atom stereocenters. The standard InChI is InChI=1S/C11H8F2N2O2S/c1-6-2-8(9(4-14-6)17-11(12)13)10-15-3-7(5-16)18-10/h2-5,11H,1H3. The number of nitrogens with zero attached hydrogens (tertiary/aromatic N) is 2. The number of aryl methyl sites for hydroxylation is 1. The summed E-state index contributed by atoms with van der Waals surface area (Å²) in [5.41, 5.74) is 1.05. The number of thiazole rings is 1. The fourth-order valence-electron chi connectivity index (χ4n) is 1.37. The highest BCUT2D eigenvalue weighted by molar-refractivity contribution is 7.16. The molecule has 2 aromatic rings. The van der Waals surface area contributed by atoms with E-state index in [4.69, 9.17) is 0 Å². The van der Waals surface area contributed by atoms with E-state index in [9.17, 15) is 13.6 Å². The molecule has 0 bridgehead atoms. The van der Waals surface area contributed by atoms with Crippen LogP contribution in [0, 0.1) is 6.92 Å². The second kappa shape index (κ2) is 5.18. The smallest absolute Gasteiger partial charge is 0.387 e. The van der Waals surface area contributed by atoms with E-state index in [-0.39, 0.29) is 5.75 Å². The van der Waals surface area contributed by atoms with Crippen LogP contribution in [-0.4, -0.2) is 22.9 Å². The Hall–Kier alpha value is -1.89. The lowest BCUT2D eigenvalue weighted by atomic mass is 10.2. The van der Waals surface area contributed by atoms with Gasteiger partial charge in [0.25, 0.3) is 0 Å². The van der Waals surface area contributed by atoms with Crippen LogP contribution in [0.1, 0.15) is 15.4 Å². The SMILES string of the molecule is Cc1cc(-c2ncc(C=O)s2)c(OC(F)F)cn1. The highest BCUT2D eigenvalue weighted by atomic mass is 32.1. The Bertz CT molecular complexity index is 572. The molecular weight excluding hydrogens is 262 g/mol. The number of pyridine rings is 1. The zero-order chi connectivity index (χ0) is 13.1. The molecule has 0 fully saturated rings. The van der Waals surface area contributed by atoms with Gasteiger partial charge in [-0.05, 0) is 13.0 Å². The molecule has 94 valence electrons. The van der Waals surface area contributed by atoms with Crippen LogP contribution in [0.25, 0.3) is 10.6 Å². The molecule has 0 aliphatic heterocycles. The molecule has 0 radical (unpaired) electrons. The summed E-state index contributed by atoms with van der Waals surface area (Å²) in [6, 6.07) is 1.59. The number of carbonyl (C=O) groups is 1. The van der Waals surface area contributed by atoms with Gasteiger partial charge in [-0.1, -0.05) is 0 Å². The normalized spacial score (nSPS) is 10.7. The number of hydrogen-bond acceptors (Lipinski definition) is 5. The molecule has 0 N–H and O–H groups in total. The first-order valence-electron chi connectivity index (χ1n) is 4.93. The summed E-state index contributed by atoms with van der Waals surface area (Å²) in [6.45, 7) is -1.21. The summed E-state index contributed by atoms with van der Waals surface area (Å²) >= 11 is 1.10. The van der Waals surface area contributed by atoms with Crippen LogP contribution in [0.3, 0.4) is 0 Å². The zero-order valence-corrected chi connectivity index (χ0v) is 10.1. The van der Waals surface area contributed by atoms with E-state index in [0.717, 1.165) is 11.3 Å². The van der Waals surface area contributed by atoms with Gasteiger partial charge in [0, 0.05) is 11.9 Å². The Balaban J connectivity index is 2.46. The first kappa shape index (κ1) is 12.6. The van der Waals surface area contributed by atoms with E-state index in [0.29, 0.717) is 27.4 Å². The molecule has 0 saturated carbocycles. The van der Waals surface area contributed by atoms with Crippen LogP contribution >= 0.6 is 11.3 Å². The average molecular weight is 270 g/mol. The highest BCUT2D eigenvalue weighted by Gasteiger charge is 2.15. The molecule has 0 aliphatic rings. The molecule has 0 amide bonds. The van der Waals surface area contributed by atoms with Crippen LogP contribution in [0.4, 0.5) is 8.78 Å². The number of carbonyl (C=O) groups excluding carboxylic acids is 1. The van der Waals surface area contributed by atoms with Gasteiger partial charge < -0.3 is 4.74 Å². The Morgan fingerprint density at radius 3 is 2.78 bits per heavy atom. The van der Waals surface area contributed by atoms with Crippen molar-refractivity contribution in [3.05, 3.63) is 29.0 Å². The summed E-state index contributed by atoms with van der Waals surface area (Å²) in [5, 5.41) is 0.443. The van der Waals surface area contributed by atoms with Crippen LogP contribution in [0.2, 0.25) is 0 Å². The van der Waals surface area contributed by atoms with Gasteiger partial charge >= 0.3 is 6.61 Å². The predicted octanol–water partition coefficient (Wildman–Crippen LogP) is 2.93. The van der Waals surface area contributed by atoms with Crippen molar-refractivity contribution in [3.8, 4) is 16.3 Å². The Morgan fingerprint density at radius 2 is 2.17 bits per heavy atom. The van der Waals surface area contributed by atoms with Crippen molar-refractivity contribution in [2.45, 2.75) is 13.5 Å². The largest absolute Gasteiger partial charge is 0.432 e. The fourth-order valence-corrected chi connectivity index (χ4v) is 2.12. The molecule has 0 aliphatic carbocycles. The Morgan fingerprint density at radius 1 is 1.39 bits per heavy atom. The van der Waals surface area contributed by atoms with Crippen molar-refractivity contribution in [3.63, 3.8) is 0 Å². The average Bonchev–Trinajstić information content (AvgIpc) is 2.79. The summed E-state index contributed by atoms with van der Waals surface area (Å²) < 4.78 is 28.9. The molecule has 7 heteroatoms. The summed E-state index contributed by atoms with van der Waals surface area (Å²) in [4.78, 5) is 18.9. The zero-order valence-electron chi connectivity index (χ0n) is 9.26. The van der Waals surface area contributed by atoms with Gasteiger partial charge in [-0.3, -0.25) is 9.78 Å². The Kier molecular flexibility index (Phi) is 3.61. The second-order valence-electron chi connectivity index (χ2n) is 3.39. The number of aromatic nitrogens is 2. The van der Waals surface area contributed by atoms with Crippen molar-refractivity contribution < 1.29 is 18.3 Å². The molecule has 4 nitrogen and oxygen atoms in total. The molecule has 0 aromatic carbocycles. The van der Waals surface area contributed by atoms with E-state index in [1.165, 1.54) is 12.4 Å². The van der Waals surface area contributed by atoms with Gasteiger partial charge in [-0.2, -0.15) is 8.78 Å². The maximum absolute atomic E-state index is 12.3. The number of rotatable bonds is 4. The van der Waals surface area contributed by atoms with Gasteiger partial charge in [-0.15, -0.1) is 11.3 Å². The molecule has 0 saturated heterocycles. The summed E-state index contributed by atoms with van der Waals surface area (Å²) in [7, 11) is 0. The van der Waals surface area contributed by atoms with Crippen molar-refractivity contribution in [2.24, 2.45) is 0 Å². The molecule has 0 atom stereocenters. The second-order valence-corrected chi connectivity index (χ2v) is 4.45. The van der Waals surface area contributed by atoms with Gasteiger partial charge in [0.1, 0.15) is 5.01 Å². The first-order valence-corrected chi connectivity index (χ1v) is 5.74. The van der Waals surface area contributed by atoms with Crippen molar-refractivity contribution >= 4 is 17.6 Å². The predicted molar refractivity (Wildman–Crippen MR) is 62.1 cm³/mol. The summed E-state index contributed by atoms with van der Waals surface area (Å²) in [5.74, 6) is -0.0533. The molecule has 18 heavy (non-hydrogen) atoms. The lowest BCUT2D eigenvalue weighted by molar-refractivity contribution is -0.0496. The molecular formula is C11H8F2N2O2S. The lowest BCUT2D eigenvalue weighted by Crippen LogP contribution is -2.04. The van der Waals surface area contributed by atoms with Gasteiger partial charge in [-0.25, -0.2) is 4.98 Å². The number of hydrogen-bond donors (Lipinski definition) is 0. The van der Waals surface area contributed by atoms with E-state index < -0.39 is 6.61 Å². The van der Waals surface area contributed by atoms with Crippen LogP contribution in [0.15, 0.2) is 18.5 Å². The third-order valence-corrected chi connectivity index (χ3v) is 3.05. The van der Waals surface area contributed by atoms with E-state index in [1.54, 1.807) is 13.0 Å². The number of ether oxygens (including phenoxy) is 1. The van der Waals surface area contributed by atoms with Crippen molar-refractivity contribution in [1.82, 2.24) is 9.97 Å². The summed E-state index contributed by atoms with van der Waals surface area (Å²) in [6.07, 6.45) is 3.26. The molecule has 2 rings (SSSR count). The number of aldehydes is 1. The van der Waals surface area contributed by atoms with E-state index in [1.807, 2.05) is 0 Å². The minimum atomic E-state index is -2.93. The topological polar surface area (TPSA) is 52.1 Å². The Labute approximate surface area is 105 Å². The van der Waals surface area contributed by atoms with Crippen LogP contribution in [-0.2, 0) is 0 Å². The van der Waals surface area contributed by atoms with E-state index in [2.05, 4.69) is 14.7 Å². The van der Waals surface area contributed by atoms with Crippen molar-refractivity contribution in [2.75, 3.05) is 0 Å². The highest BCUT2D eigenvalue weighted by Crippen LogP contribution is 2.33. The van der Waals surface area contributed by atoms with Gasteiger partial charge in [0.15, 0.2) is 12.0 Å². The quantitative estimate of drug-likeness (QED) is 0.801. The third-order valence-electron chi connectivity index (χ3n) is 2.09. The third kappa shape index (κ3) is 2.67. The first-order chi connectivity index (χ1) is 8.60. The minimum absolute atomic E-state index is 0.0533. The number of halogens is 2. The van der Waals surface area contributed by atoms with Gasteiger partial charge in [0.2, 0.25) is 0 Å². The molecule has 2 heterocycles. The minimum Gasteiger partial charge on any atom is -0.432 e. The lowest BCUT2D eigenvalue weighted by Gasteiger charge is -2.08. The van der Waals surface area contributed by atoms with E-state index >= 15 is 0 Å². The fraction of sp³-hybridized carbons (Fsp3) is 0.182. The van der Waals surface area contributed by atoms with Crippen LogP contribution in [0.5, 0.6) is 5.75 Å². The van der Waals surface area contributed by atoms with Crippen molar-refractivity contribution in [1.29, 1.82) is 0 Å². The maximum Gasteiger partial charge on any atom is 0.387 e. The maximum atomic E-state index is 12.3.